The molecule has 0 aromatic carbocycles. The molecule has 4 atom stereocenters. The summed E-state index contributed by atoms with van der Waals surface area (Å²) in [5.41, 5.74) is -0.296. The number of hydrogen-bond acceptors (Lipinski definition) is 2. The number of allylic oxidation sites excluding steroid dienone is 2. The average molecular weight is 293 g/mol. The Labute approximate surface area is 127 Å². The second kappa shape index (κ2) is 6.20. The molecule has 2 aliphatic carbocycles. The molecule has 1 amide bonds. The largest absolute Gasteiger partial charge is 0.481 e. The summed E-state index contributed by atoms with van der Waals surface area (Å²) in [5.74, 6) is -0.391. The normalized spacial score (nSPS) is 34.6. The molecule has 2 rings (SSSR count). The van der Waals surface area contributed by atoms with Gasteiger partial charge in [0.1, 0.15) is 0 Å². The summed E-state index contributed by atoms with van der Waals surface area (Å²) in [6.45, 7) is 6.08. The van der Waals surface area contributed by atoms with E-state index in [1.807, 2.05) is 13.8 Å². The predicted molar refractivity (Wildman–Crippen MR) is 81.7 cm³/mol. The topological polar surface area (TPSA) is 66.4 Å². The fraction of sp³-hybridized carbons (Fsp3) is 0.765. The van der Waals surface area contributed by atoms with Gasteiger partial charge in [0, 0.05) is 12.5 Å². The first-order chi connectivity index (χ1) is 9.82. The zero-order chi connectivity index (χ0) is 15.6. The van der Waals surface area contributed by atoms with Crippen LogP contribution in [0, 0.1) is 23.2 Å². The number of carbonyl (C=O) groups excluding carboxylic acids is 1. The minimum atomic E-state index is -0.715. The van der Waals surface area contributed by atoms with Gasteiger partial charge in [0.2, 0.25) is 5.91 Å². The zero-order valence-corrected chi connectivity index (χ0v) is 13.3. The van der Waals surface area contributed by atoms with Gasteiger partial charge in [-0.15, -0.1) is 0 Å². The Morgan fingerprint density at radius 3 is 2.57 bits per heavy atom. The lowest BCUT2D eigenvalue weighted by molar-refractivity contribution is -0.150. The van der Waals surface area contributed by atoms with E-state index >= 15 is 0 Å². The maximum atomic E-state index is 12.2. The lowest BCUT2D eigenvalue weighted by Crippen LogP contribution is -2.52. The number of carbonyl (C=O) groups is 2. The van der Waals surface area contributed by atoms with Crippen LogP contribution in [-0.2, 0) is 9.59 Å². The van der Waals surface area contributed by atoms with Gasteiger partial charge in [-0.1, -0.05) is 32.9 Å². The summed E-state index contributed by atoms with van der Waals surface area (Å²) in [6, 6.07) is 0.0912. The van der Waals surface area contributed by atoms with E-state index in [9.17, 15) is 14.7 Å². The summed E-state index contributed by atoms with van der Waals surface area (Å²) in [7, 11) is 0. The van der Waals surface area contributed by atoms with E-state index in [4.69, 9.17) is 0 Å². The second-order valence-electron chi connectivity index (χ2n) is 7.22. The van der Waals surface area contributed by atoms with Gasteiger partial charge in [-0.25, -0.2) is 0 Å². The maximum absolute atomic E-state index is 12.2. The molecular formula is C17H27NO3. The molecule has 118 valence electrons. The lowest BCUT2D eigenvalue weighted by Gasteiger charge is -2.46. The Kier molecular flexibility index (Phi) is 4.74. The smallest absolute Gasteiger partial charge is 0.307 e. The third kappa shape index (κ3) is 3.47. The summed E-state index contributed by atoms with van der Waals surface area (Å²) in [6.07, 6.45) is 8.37. The SMILES string of the molecule is CC1C(NC(=O)CC2C=CCC2)CCC(C(=O)O)C1(C)C. The van der Waals surface area contributed by atoms with Crippen molar-refractivity contribution in [1.29, 1.82) is 0 Å². The Bertz CT molecular complexity index is 441. The highest BCUT2D eigenvalue weighted by Crippen LogP contribution is 2.45. The van der Waals surface area contributed by atoms with Crippen molar-refractivity contribution in [3.8, 4) is 0 Å². The molecular weight excluding hydrogens is 266 g/mol. The number of nitrogens with one attached hydrogen (secondary N) is 1. The van der Waals surface area contributed by atoms with Crippen LogP contribution < -0.4 is 5.32 Å². The highest BCUT2D eigenvalue weighted by molar-refractivity contribution is 5.77. The van der Waals surface area contributed by atoms with Gasteiger partial charge in [-0.05, 0) is 42.9 Å². The predicted octanol–water partition coefficient (Wildman–Crippen LogP) is 2.98. The minimum absolute atomic E-state index is 0.0912. The van der Waals surface area contributed by atoms with Gasteiger partial charge in [0.15, 0.2) is 0 Å². The van der Waals surface area contributed by atoms with Crippen LogP contribution in [0.15, 0.2) is 12.2 Å². The van der Waals surface area contributed by atoms with Crippen LogP contribution in [0.25, 0.3) is 0 Å². The van der Waals surface area contributed by atoms with Crippen molar-refractivity contribution in [2.45, 2.75) is 58.9 Å². The van der Waals surface area contributed by atoms with Crippen LogP contribution in [0.3, 0.4) is 0 Å². The van der Waals surface area contributed by atoms with Crippen LogP contribution in [0.1, 0.15) is 52.9 Å². The highest BCUT2D eigenvalue weighted by atomic mass is 16.4. The molecule has 2 aliphatic rings. The maximum Gasteiger partial charge on any atom is 0.307 e. The average Bonchev–Trinajstić information content (AvgIpc) is 2.87. The number of aliphatic carboxylic acids is 1. The van der Waals surface area contributed by atoms with Crippen LogP contribution in [0.2, 0.25) is 0 Å². The summed E-state index contributed by atoms with van der Waals surface area (Å²) >= 11 is 0. The second-order valence-corrected chi connectivity index (χ2v) is 7.22. The number of carboxylic acids is 1. The molecule has 0 bridgehead atoms. The zero-order valence-electron chi connectivity index (χ0n) is 13.3. The van der Waals surface area contributed by atoms with Gasteiger partial charge in [0.05, 0.1) is 5.92 Å². The molecule has 21 heavy (non-hydrogen) atoms. The van der Waals surface area contributed by atoms with Crippen molar-refractivity contribution in [3.05, 3.63) is 12.2 Å². The van der Waals surface area contributed by atoms with Gasteiger partial charge < -0.3 is 10.4 Å². The van der Waals surface area contributed by atoms with E-state index in [1.165, 1.54) is 0 Å². The van der Waals surface area contributed by atoms with Crippen molar-refractivity contribution in [2.75, 3.05) is 0 Å². The quantitative estimate of drug-likeness (QED) is 0.783. The fourth-order valence-corrected chi connectivity index (χ4v) is 3.81. The summed E-state index contributed by atoms with van der Waals surface area (Å²) in [4.78, 5) is 23.6. The van der Waals surface area contributed by atoms with Crippen molar-refractivity contribution < 1.29 is 14.7 Å². The van der Waals surface area contributed by atoms with Gasteiger partial charge in [0.25, 0.3) is 0 Å². The van der Waals surface area contributed by atoms with Gasteiger partial charge >= 0.3 is 5.97 Å². The Morgan fingerprint density at radius 1 is 1.29 bits per heavy atom. The van der Waals surface area contributed by atoms with Gasteiger partial charge in [-0.3, -0.25) is 9.59 Å². The first-order valence-electron chi connectivity index (χ1n) is 8.01. The van der Waals surface area contributed by atoms with Crippen LogP contribution in [0.5, 0.6) is 0 Å². The van der Waals surface area contributed by atoms with E-state index in [-0.39, 0.29) is 29.2 Å². The number of amides is 1. The van der Waals surface area contributed by atoms with Crippen LogP contribution >= 0.6 is 0 Å². The van der Waals surface area contributed by atoms with Gasteiger partial charge in [-0.2, -0.15) is 0 Å². The molecule has 0 spiro atoms. The first-order valence-corrected chi connectivity index (χ1v) is 8.01. The first kappa shape index (κ1) is 16.1. The minimum Gasteiger partial charge on any atom is -0.481 e. The summed E-state index contributed by atoms with van der Waals surface area (Å²) < 4.78 is 0. The lowest BCUT2D eigenvalue weighted by atomic mass is 9.61. The molecule has 0 heterocycles. The third-order valence-corrected chi connectivity index (χ3v) is 5.65. The van der Waals surface area contributed by atoms with Crippen molar-refractivity contribution >= 4 is 11.9 Å². The third-order valence-electron chi connectivity index (χ3n) is 5.65. The monoisotopic (exact) mass is 293 g/mol. The van der Waals surface area contributed by atoms with E-state index in [0.717, 1.165) is 19.3 Å². The molecule has 0 saturated heterocycles. The fourth-order valence-electron chi connectivity index (χ4n) is 3.81. The van der Waals surface area contributed by atoms with E-state index in [2.05, 4.69) is 24.4 Å². The number of carboxylic acid groups (broad SMARTS) is 1. The molecule has 4 nitrogen and oxygen atoms in total. The molecule has 0 aromatic rings. The highest BCUT2D eigenvalue weighted by Gasteiger charge is 2.46. The Hall–Kier alpha value is -1.32. The van der Waals surface area contributed by atoms with Crippen molar-refractivity contribution in [3.63, 3.8) is 0 Å². The number of hydrogen-bond donors (Lipinski definition) is 2. The molecule has 1 fully saturated rings. The van der Waals surface area contributed by atoms with Crippen LogP contribution in [-0.4, -0.2) is 23.0 Å². The molecule has 1 saturated carbocycles. The van der Waals surface area contributed by atoms with E-state index in [1.54, 1.807) is 0 Å². The molecule has 4 unspecified atom stereocenters. The molecule has 4 heteroatoms. The van der Waals surface area contributed by atoms with E-state index in [0.29, 0.717) is 18.8 Å². The molecule has 0 aliphatic heterocycles. The summed E-state index contributed by atoms with van der Waals surface area (Å²) in [5, 5.41) is 12.5. The van der Waals surface area contributed by atoms with Crippen LogP contribution in [0.4, 0.5) is 0 Å². The number of rotatable bonds is 4. The molecule has 0 radical (unpaired) electrons. The van der Waals surface area contributed by atoms with Crippen molar-refractivity contribution in [2.24, 2.45) is 23.2 Å². The Morgan fingerprint density at radius 2 is 2.00 bits per heavy atom. The molecule has 2 N–H and O–H groups in total. The van der Waals surface area contributed by atoms with E-state index < -0.39 is 5.97 Å². The van der Waals surface area contributed by atoms with Crippen molar-refractivity contribution in [1.82, 2.24) is 5.32 Å². The standard InChI is InChI=1S/C17H27NO3/c1-11-14(9-8-13(16(20)21)17(11,2)3)18-15(19)10-12-6-4-5-7-12/h4,6,11-14H,5,7-10H2,1-3H3,(H,18,19)(H,20,21). The Balaban J connectivity index is 1.93. The molecule has 0 aromatic heterocycles.